The van der Waals surface area contributed by atoms with E-state index in [0.29, 0.717) is 31.0 Å². The number of carbonyl (C=O) groups excluding carboxylic acids is 1. The first kappa shape index (κ1) is 11.7. The molecule has 2 fully saturated rings. The van der Waals surface area contributed by atoms with Gasteiger partial charge in [-0.05, 0) is 24.0 Å². The van der Waals surface area contributed by atoms with E-state index >= 15 is 0 Å². The number of nitrogens with one attached hydrogen (secondary N) is 2. The zero-order chi connectivity index (χ0) is 12.5. The van der Waals surface area contributed by atoms with E-state index in [2.05, 4.69) is 10.6 Å². The van der Waals surface area contributed by atoms with Gasteiger partial charge in [0.15, 0.2) is 0 Å². The molecule has 1 saturated carbocycles. The largest absolute Gasteiger partial charge is 0.383 e. The van der Waals surface area contributed by atoms with Gasteiger partial charge in [0, 0.05) is 39.0 Å². The predicted octanol–water partition coefficient (Wildman–Crippen LogP) is 0.0821. The summed E-state index contributed by atoms with van der Waals surface area (Å²) in [7, 11) is 1.67. The standard InChI is InChI=1S/C13H19N3O2/c1-18-6-5-16-4-2-3-11(16)13(17)15-12-9-7-14-8-10(9)12/h2-4,9-10,12,14H,5-8H2,1H3,(H,15,17). The Bertz CT molecular complexity index is 433. The number of methoxy groups -OCH3 is 1. The van der Waals surface area contributed by atoms with Crippen LogP contribution in [-0.2, 0) is 11.3 Å². The van der Waals surface area contributed by atoms with Crippen LogP contribution < -0.4 is 10.6 Å². The summed E-state index contributed by atoms with van der Waals surface area (Å²) in [6, 6.07) is 4.14. The number of amides is 1. The minimum absolute atomic E-state index is 0.0375. The number of ether oxygens (including phenoxy) is 1. The van der Waals surface area contributed by atoms with Gasteiger partial charge >= 0.3 is 0 Å². The molecule has 18 heavy (non-hydrogen) atoms. The van der Waals surface area contributed by atoms with Crippen molar-refractivity contribution in [3.63, 3.8) is 0 Å². The Morgan fingerprint density at radius 1 is 1.56 bits per heavy atom. The highest BCUT2D eigenvalue weighted by Gasteiger charge is 2.53. The zero-order valence-corrected chi connectivity index (χ0v) is 10.6. The summed E-state index contributed by atoms with van der Waals surface area (Å²) in [5.41, 5.74) is 0.727. The number of piperidine rings is 1. The average Bonchev–Trinajstić information content (AvgIpc) is 2.83. The number of aromatic nitrogens is 1. The molecule has 2 aliphatic rings. The summed E-state index contributed by atoms with van der Waals surface area (Å²) >= 11 is 0. The van der Waals surface area contributed by atoms with Crippen molar-refractivity contribution in [2.75, 3.05) is 26.8 Å². The number of nitrogens with zero attached hydrogens (tertiary/aromatic N) is 1. The maximum Gasteiger partial charge on any atom is 0.268 e. The van der Waals surface area contributed by atoms with Crippen LogP contribution in [0.3, 0.4) is 0 Å². The molecule has 2 heterocycles. The van der Waals surface area contributed by atoms with Crippen LogP contribution in [0, 0.1) is 11.8 Å². The van der Waals surface area contributed by atoms with Crippen molar-refractivity contribution in [2.45, 2.75) is 12.6 Å². The van der Waals surface area contributed by atoms with Crippen molar-refractivity contribution in [1.29, 1.82) is 0 Å². The molecule has 2 unspecified atom stereocenters. The number of fused-ring (bicyclic) bond motifs is 1. The third-order valence-corrected chi connectivity index (χ3v) is 3.99. The van der Waals surface area contributed by atoms with Gasteiger partial charge in [0.1, 0.15) is 5.69 Å². The van der Waals surface area contributed by atoms with Crippen molar-refractivity contribution in [3.8, 4) is 0 Å². The molecule has 1 aliphatic heterocycles. The quantitative estimate of drug-likeness (QED) is 0.777. The van der Waals surface area contributed by atoms with Crippen molar-refractivity contribution >= 4 is 5.91 Å². The molecule has 0 radical (unpaired) electrons. The smallest absolute Gasteiger partial charge is 0.268 e. The number of carbonyl (C=O) groups is 1. The molecule has 1 aromatic heterocycles. The molecule has 1 saturated heterocycles. The number of hydrogen-bond acceptors (Lipinski definition) is 3. The SMILES string of the molecule is COCCn1cccc1C(=O)NC1C2CNCC21. The van der Waals surface area contributed by atoms with Gasteiger partial charge in [0.25, 0.3) is 5.91 Å². The predicted molar refractivity (Wildman–Crippen MR) is 67.4 cm³/mol. The van der Waals surface area contributed by atoms with Gasteiger partial charge in [-0.2, -0.15) is 0 Å². The van der Waals surface area contributed by atoms with E-state index in [1.54, 1.807) is 7.11 Å². The van der Waals surface area contributed by atoms with Crippen LogP contribution in [0.4, 0.5) is 0 Å². The van der Waals surface area contributed by atoms with Crippen LogP contribution in [0.5, 0.6) is 0 Å². The molecule has 0 aromatic carbocycles. The van der Waals surface area contributed by atoms with Crippen LogP contribution in [-0.4, -0.2) is 43.3 Å². The molecule has 98 valence electrons. The Hall–Kier alpha value is -1.33. The second kappa shape index (κ2) is 4.74. The van der Waals surface area contributed by atoms with Gasteiger partial charge in [0.05, 0.1) is 6.61 Å². The minimum atomic E-state index is 0.0375. The summed E-state index contributed by atoms with van der Waals surface area (Å²) in [5.74, 6) is 1.34. The minimum Gasteiger partial charge on any atom is -0.383 e. The van der Waals surface area contributed by atoms with E-state index in [-0.39, 0.29) is 5.91 Å². The second-order valence-electron chi connectivity index (χ2n) is 5.06. The second-order valence-corrected chi connectivity index (χ2v) is 5.06. The number of rotatable bonds is 5. The molecule has 5 nitrogen and oxygen atoms in total. The Morgan fingerprint density at radius 2 is 2.33 bits per heavy atom. The van der Waals surface area contributed by atoms with Crippen LogP contribution in [0.2, 0.25) is 0 Å². The molecule has 5 heteroatoms. The zero-order valence-electron chi connectivity index (χ0n) is 10.6. The highest BCUT2D eigenvalue weighted by Crippen LogP contribution is 2.41. The fourth-order valence-electron chi connectivity index (χ4n) is 2.86. The molecule has 1 amide bonds. The van der Waals surface area contributed by atoms with E-state index in [0.717, 1.165) is 18.8 Å². The summed E-state index contributed by atoms with van der Waals surface area (Å²) in [6.45, 7) is 3.42. The summed E-state index contributed by atoms with van der Waals surface area (Å²) < 4.78 is 6.98. The monoisotopic (exact) mass is 249 g/mol. The third-order valence-electron chi connectivity index (χ3n) is 3.99. The highest BCUT2D eigenvalue weighted by atomic mass is 16.5. The maximum absolute atomic E-state index is 12.2. The van der Waals surface area contributed by atoms with Crippen LogP contribution in [0.1, 0.15) is 10.5 Å². The van der Waals surface area contributed by atoms with Crippen LogP contribution in [0.25, 0.3) is 0 Å². The van der Waals surface area contributed by atoms with E-state index in [1.807, 2.05) is 22.9 Å². The molecule has 1 aliphatic carbocycles. The van der Waals surface area contributed by atoms with Gasteiger partial charge in [-0.1, -0.05) is 0 Å². The molecule has 0 spiro atoms. The Balaban J connectivity index is 1.60. The van der Waals surface area contributed by atoms with Gasteiger partial charge in [0.2, 0.25) is 0 Å². The summed E-state index contributed by atoms with van der Waals surface area (Å²) in [6.07, 6.45) is 1.92. The number of hydrogen-bond donors (Lipinski definition) is 2. The molecule has 1 aromatic rings. The Labute approximate surface area is 106 Å². The lowest BCUT2D eigenvalue weighted by molar-refractivity contribution is 0.0934. The summed E-state index contributed by atoms with van der Waals surface area (Å²) in [5, 5.41) is 6.46. The summed E-state index contributed by atoms with van der Waals surface area (Å²) in [4.78, 5) is 12.2. The first-order valence-electron chi connectivity index (χ1n) is 6.47. The van der Waals surface area contributed by atoms with Gasteiger partial charge in [-0.3, -0.25) is 4.79 Å². The van der Waals surface area contributed by atoms with Crippen LogP contribution in [0.15, 0.2) is 18.3 Å². The Morgan fingerprint density at radius 3 is 3.06 bits per heavy atom. The maximum atomic E-state index is 12.2. The van der Waals surface area contributed by atoms with Gasteiger partial charge in [-0.15, -0.1) is 0 Å². The molecular weight excluding hydrogens is 230 g/mol. The molecular formula is C13H19N3O2. The first-order valence-corrected chi connectivity index (χ1v) is 6.47. The van der Waals surface area contributed by atoms with E-state index < -0.39 is 0 Å². The van der Waals surface area contributed by atoms with Crippen LogP contribution >= 0.6 is 0 Å². The average molecular weight is 249 g/mol. The molecule has 2 atom stereocenters. The fraction of sp³-hybridized carbons (Fsp3) is 0.615. The van der Waals surface area contributed by atoms with E-state index in [1.165, 1.54) is 0 Å². The van der Waals surface area contributed by atoms with Crippen molar-refractivity contribution in [2.24, 2.45) is 11.8 Å². The van der Waals surface area contributed by atoms with Gasteiger partial charge in [-0.25, -0.2) is 0 Å². The highest BCUT2D eigenvalue weighted by molar-refractivity contribution is 5.93. The lowest BCUT2D eigenvalue weighted by Crippen LogP contribution is -2.33. The normalized spacial score (nSPS) is 29.1. The third kappa shape index (κ3) is 2.04. The Kier molecular flexibility index (Phi) is 3.09. The van der Waals surface area contributed by atoms with Crippen molar-refractivity contribution in [3.05, 3.63) is 24.0 Å². The fourth-order valence-corrected chi connectivity index (χ4v) is 2.86. The van der Waals surface area contributed by atoms with Crippen molar-refractivity contribution in [1.82, 2.24) is 15.2 Å². The lowest BCUT2D eigenvalue weighted by Gasteiger charge is -2.10. The molecule has 3 rings (SSSR count). The molecule has 2 N–H and O–H groups in total. The van der Waals surface area contributed by atoms with Gasteiger partial charge < -0.3 is 19.9 Å². The van der Waals surface area contributed by atoms with Crippen molar-refractivity contribution < 1.29 is 9.53 Å². The first-order chi connectivity index (χ1) is 8.81. The van der Waals surface area contributed by atoms with E-state index in [4.69, 9.17) is 4.74 Å². The van der Waals surface area contributed by atoms with E-state index in [9.17, 15) is 4.79 Å². The topological polar surface area (TPSA) is 55.3 Å². The lowest BCUT2D eigenvalue weighted by atomic mass is 10.3. The molecule has 0 bridgehead atoms.